The number of likely N-dealkylation sites (tertiary alicyclic amines) is 1. The number of piperidine rings is 2. The van der Waals surface area contributed by atoms with Gasteiger partial charge in [-0.3, -0.25) is 19.5 Å². The minimum absolute atomic E-state index is 0.0475. The highest BCUT2D eigenvalue weighted by Gasteiger charge is 2.72. The number of fused-ring (bicyclic) bond motifs is 3. The van der Waals surface area contributed by atoms with Gasteiger partial charge in [-0.25, -0.2) is 0 Å². The van der Waals surface area contributed by atoms with Gasteiger partial charge in [0.05, 0.1) is 28.6 Å². The lowest BCUT2D eigenvalue weighted by Crippen LogP contribution is -2.37. The Morgan fingerprint density at radius 3 is 2.61 bits per heavy atom. The van der Waals surface area contributed by atoms with E-state index in [1.165, 1.54) is 4.90 Å². The molecule has 6 nitrogen and oxygen atoms in total. The number of nitrogens with one attached hydrogen (secondary N) is 1. The van der Waals surface area contributed by atoms with Crippen molar-refractivity contribution in [1.29, 1.82) is 0 Å². The number of aromatic nitrogens is 1. The molecule has 3 fully saturated rings. The van der Waals surface area contributed by atoms with Crippen LogP contribution in [-0.4, -0.2) is 40.9 Å². The van der Waals surface area contributed by atoms with E-state index in [9.17, 15) is 9.59 Å². The minimum Gasteiger partial charge on any atom is -0.488 e. The molecular weight excluding hydrogens is 518 g/mol. The van der Waals surface area contributed by atoms with Gasteiger partial charge in [-0.05, 0) is 43.0 Å². The molecule has 3 unspecified atom stereocenters. The second-order valence-corrected chi connectivity index (χ2v) is 12.7. The minimum atomic E-state index is -0.209. The number of carbonyl (C=O) groups excluding carboxylic acids is 2. The van der Waals surface area contributed by atoms with E-state index in [-0.39, 0.29) is 41.7 Å². The molecule has 194 valence electrons. The van der Waals surface area contributed by atoms with Gasteiger partial charge in [0, 0.05) is 44.5 Å². The topological polar surface area (TPSA) is 71.5 Å². The van der Waals surface area contributed by atoms with Crippen molar-refractivity contribution >= 4 is 55.7 Å². The van der Waals surface area contributed by atoms with Crippen molar-refractivity contribution in [2.75, 3.05) is 13.1 Å². The van der Waals surface area contributed by atoms with E-state index in [0.717, 1.165) is 68.7 Å². The first-order valence-corrected chi connectivity index (χ1v) is 14.4. The molecular formula is C30H28ClN3O3S. The summed E-state index contributed by atoms with van der Waals surface area (Å²) in [6.45, 7) is 6.11. The summed E-state index contributed by atoms with van der Waals surface area (Å²) in [5, 5.41) is 6.05. The molecule has 2 aromatic carbocycles. The van der Waals surface area contributed by atoms with Gasteiger partial charge in [-0.15, -0.1) is 11.3 Å². The maximum Gasteiger partial charge on any atom is 0.234 e. The Bertz CT molecular complexity index is 1600. The molecule has 2 amide bonds. The fourth-order valence-electron chi connectivity index (χ4n) is 6.31. The highest BCUT2D eigenvalue weighted by molar-refractivity contribution is 7.19. The maximum absolute atomic E-state index is 12.9. The quantitative estimate of drug-likeness (QED) is 0.309. The van der Waals surface area contributed by atoms with Crippen LogP contribution in [0.2, 0.25) is 5.02 Å². The normalized spacial score (nSPS) is 24.3. The summed E-state index contributed by atoms with van der Waals surface area (Å²) in [7, 11) is 0. The van der Waals surface area contributed by atoms with E-state index in [4.69, 9.17) is 16.3 Å². The van der Waals surface area contributed by atoms with Gasteiger partial charge in [0.25, 0.3) is 0 Å². The number of pyridine rings is 1. The third kappa shape index (κ3) is 3.67. The zero-order valence-corrected chi connectivity index (χ0v) is 22.9. The molecule has 2 aliphatic heterocycles. The first-order chi connectivity index (χ1) is 18.3. The van der Waals surface area contributed by atoms with Gasteiger partial charge in [0.2, 0.25) is 11.8 Å². The molecule has 1 N–H and O–H groups in total. The number of nitrogens with zero attached hydrogens (tertiary/aromatic N) is 2. The molecule has 0 bridgehead atoms. The molecule has 1 saturated carbocycles. The van der Waals surface area contributed by atoms with E-state index in [2.05, 4.69) is 16.4 Å². The standard InChI is InChI=1S/C30H28ClN3O3S/c1-30(2)24-25(30)29(36)34(28(24)35)15-17-12-23-27(38-17)20(9-11-33-23)21-13-22(31)18-7-3-4-8-19(18)26(21)37-16-6-5-10-32-14-16/h3-4,7-9,11-13,16,24-25,32H,5-6,10,14-15H2,1-2H3. The first-order valence-electron chi connectivity index (χ1n) is 13.2. The SMILES string of the molecule is CC1(C)C2C(=O)N(Cc3cc4nccc(-c5cc(Cl)c6ccccc6c5OC5CCCNC5)c4s3)C(=O)C21. The van der Waals surface area contributed by atoms with Crippen molar-refractivity contribution in [3.05, 3.63) is 58.6 Å². The third-order valence-corrected chi connectivity index (χ3v) is 9.89. The maximum atomic E-state index is 12.9. The van der Waals surface area contributed by atoms with Gasteiger partial charge >= 0.3 is 0 Å². The number of carbonyl (C=O) groups is 2. The number of halogens is 1. The summed E-state index contributed by atoms with van der Waals surface area (Å²) in [5.74, 6) is 0.384. The van der Waals surface area contributed by atoms with Crippen molar-refractivity contribution in [3.63, 3.8) is 0 Å². The van der Waals surface area contributed by atoms with Crippen LogP contribution in [0.15, 0.2) is 48.7 Å². The molecule has 4 heterocycles. The summed E-state index contributed by atoms with van der Waals surface area (Å²) < 4.78 is 7.69. The molecule has 38 heavy (non-hydrogen) atoms. The van der Waals surface area contributed by atoms with Crippen molar-refractivity contribution in [3.8, 4) is 16.9 Å². The molecule has 2 saturated heterocycles. The van der Waals surface area contributed by atoms with Gasteiger partial charge in [0.15, 0.2) is 0 Å². The molecule has 1 aliphatic carbocycles. The van der Waals surface area contributed by atoms with Crippen LogP contribution in [0.25, 0.3) is 32.1 Å². The predicted octanol–water partition coefficient (Wildman–Crippen LogP) is 6.04. The number of rotatable bonds is 5. The molecule has 7 rings (SSSR count). The van der Waals surface area contributed by atoms with E-state index in [0.29, 0.717) is 5.02 Å². The lowest BCUT2D eigenvalue weighted by atomic mass is 9.99. The van der Waals surface area contributed by atoms with Gasteiger partial charge in [0.1, 0.15) is 11.9 Å². The van der Waals surface area contributed by atoms with Crippen LogP contribution in [-0.2, 0) is 16.1 Å². The Labute approximate surface area is 229 Å². The van der Waals surface area contributed by atoms with Crippen LogP contribution in [0.3, 0.4) is 0 Å². The smallest absolute Gasteiger partial charge is 0.234 e. The van der Waals surface area contributed by atoms with Crippen LogP contribution in [0.5, 0.6) is 5.75 Å². The average molecular weight is 546 g/mol. The average Bonchev–Trinajstić information content (AvgIpc) is 3.16. The van der Waals surface area contributed by atoms with Crippen LogP contribution < -0.4 is 10.1 Å². The Morgan fingerprint density at radius 1 is 1.11 bits per heavy atom. The number of amides is 2. The number of hydrogen-bond acceptors (Lipinski definition) is 6. The molecule has 0 spiro atoms. The van der Waals surface area contributed by atoms with Gasteiger partial charge < -0.3 is 10.1 Å². The summed E-state index contributed by atoms with van der Waals surface area (Å²) in [6.07, 6.45) is 3.94. The first kappa shape index (κ1) is 24.1. The fourth-order valence-corrected chi connectivity index (χ4v) is 7.72. The zero-order valence-electron chi connectivity index (χ0n) is 21.3. The highest BCUT2D eigenvalue weighted by atomic mass is 35.5. The number of thiophene rings is 1. The lowest BCUT2D eigenvalue weighted by molar-refractivity contribution is -0.143. The molecule has 8 heteroatoms. The van der Waals surface area contributed by atoms with Crippen molar-refractivity contribution in [2.24, 2.45) is 17.3 Å². The van der Waals surface area contributed by atoms with E-state index < -0.39 is 0 Å². The largest absolute Gasteiger partial charge is 0.488 e. The second-order valence-electron chi connectivity index (χ2n) is 11.2. The Kier molecular flexibility index (Phi) is 5.55. The van der Waals surface area contributed by atoms with Crippen molar-refractivity contribution < 1.29 is 14.3 Å². The van der Waals surface area contributed by atoms with Crippen molar-refractivity contribution in [2.45, 2.75) is 39.3 Å². The molecule has 3 atom stereocenters. The Hall–Kier alpha value is -3.00. The van der Waals surface area contributed by atoms with Crippen LogP contribution in [0.4, 0.5) is 0 Å². The third-order valence-electron chi connectivity index (χ3n) is 8.44. The second kappa shape index (κ2) is 8.76. The molecule has 0 radical (unpaired) electrons. The van der Waals surface area contributed by atoms with Gasteiger partial charge in [-0.1, -0.05) is 49.7 Å². The highest BCUT2D eigenvalue weighted by Crippen LogP contribution is 2.63. The molecule has 2 aromatic heterocycles. The molecule has 4 aromatic rings. The molecule has 3 aliphatic rings. The van der Waals surface area contributed by atoms with Crippen LogP contribution >= 0.6 is 22.9 Å². The number of hydrogen-bond donors (Lipinski definition) is 1. The van der Waals surface area contributed by atoms with Gasteiger partial charge in [-0.2, -0.15) is 0 Å². The summed E-state index contributed by atoms with van der Waals surface area (Å²) >= 11 is 8.38. The van der Waals surface area contributed by atoms with Crippen molar-refractivity contribution in [1.82, 2.24) is 15.2 Å². The van der Waals surface area contributed by atoms with Crippen LogP contribution in [0, 0.1) is 17.3 Å². The zero-order chi connectivity index (χ0) is 26.2. The Morgan fingerprint density at radius 2 is 1.87 bits per heavy atom. The fraction of sp³-hybridized carbons (Fsp3) is 0.367. The summed E-state index contributed by atoms with van der Waals surface area (Å²) in [4.78, 5) is 32.9. The Balaban J connectivity index is 1.30. The van der Waals surface area contributed by atoms with E-state index in [1.807, 2.05) is 50.2 Å². The lowest BCUT2D eigenvalue weighted by Gasteiger charge is -2.26. The monoisotopic (exact) mass is 545 g/mol. The summed E-state index contributed by atoms with van der Waals surface area (Å²) in [5.41, 5.74) is 2.54. The predicted molar refractivity (Wildman–Crippen MR) is 150 cm³/mol. The van der Waals surface area contributed by atoms with Crippen LogP contribution in [0.1, 0.15) is 31.6 Å². The number of ether oxygens (including phenoxy) is 1. The van der Waals surface area contributed by atoms with E-state index in [1.54, 1.807) is 17.5 Å². The number of imide groups is 1. The van der Waals surface area contributed by atoms with E-state index >= 15 is 0 Å². The summed E-state index contributed by atoms with van der Waals surface area (Å²) in [6, 6.07) is 14.1. The number of benzene rings is 2.